The van der Waals surface area contributed by atoms with Crippen molar-refractivity contribution in [1.29, 1.82) is 0 Å². The zero-order valence-corrected chi connectivity index (χ0v) is 17.2. The number of imidazole rings is 1. The maximum absolute atomic E-state index is 12.8. The number of amides is 1. The van der Waals surface area contributed by atoms with Gasteiger partial charge in [0.15, 0.2) is 17.2 Å². The van der Waals surface area contributed by atoms with Crippen molar-refractivity contribution in [2.75, 3.05) is 48.7 Å². The van der Waals surface area contributed by atoms with Crippen LogP contribution in [0.25, 0.3) is 5.65 Å². The highest BCUT2D eigenvalue weighted by molar-refractivity contribution is 5.94. The molecule has 164 valence electrons. The largest absolute Gasteiger partial charge is 0.395 e. The van der Waals surface area contributed by atoms with Crippen molar-refractivity contribution in [3.8, 4) is 0 Å². The molecule has 2 aromatic heterocycles. The van der Waals surface area contributed by atoms with Crippen molar-refractivity contribution in [2.45, 2.75) is 12.6 Å². The number of benzene rings is 1. The van der Waals surface area contributed by atoms with Gasteiger partial charge >= 0.3 is 0 Å². The quantitative estimate of drug-likeness (QED) is 0.190. The molecule has 8 N–H and O–H groups in total. The topological polar surface area (TPSA) is 168 Å². The first-order valence-corrected chi connectivity index (χ1v) is 9.65. The van der Waals surface area contributed by atoms with Crippen LogP contribution >= 0.6 is 0 Å². The van der Waals surface area contributed by atoms with Gasteiger partial charge in [-0.25, -0.2) is 15.3 Å². The molecule has 0 radical (unpaired) electrons. The van der Waals surface area contributed by atoms with Crippen LogP contribution in [0.2, 0.25) is 0 Å². The number of rotatable bonds is 3. The van der Waals surface area contributed by atoms with E-state index in [9.17, 15) is 9.90 Å². The van der Waals surface area contributed by atoms with Gasteiger partial charge in [0.1, 0.15) is 0 Å². The molecule has 31 heavy (non-hydrogen) atoms. The van der Waals surface area contributed by atoms with Crippen LogP contribution in [0, 0.1) is 0 Å². The summed E-state index contributed by atoms with van der Waals surface area (Å²) in [5.74, 6) is 5.97. The maximum atomic E-state index is 12.8. The highest BCUT2D eigenvalue weighted by atomic mass is 16.5. The molecule has 1 aliphatic rings. The maximum Gasteiger partial charge on any atom is 0.272 e. The molecular weight excluding hydrogens is 402 g/mol. The Morgan fingerprint density at radius 1 is 1.42 bits per heavy atom. The predicted octanol–water partition coefficient (Wildman–Crippen LogP) is 0.0276. The Labute approximate surface area is 178 Å². The Morgan fingerprint density at radius 3 is 2.94 bits per heavy atom. The zero-order chi connectivity index (χ0) is 22.1. The minimum Gasteiger partial charge on any atom is -0.395 e. The summed E-state index contributed by atoms with van der Waals surface area (Å²) in [4.78, 5) is 17.1. The van der Waals surface area contributed by atoms with Crippen LogP contribution in [0.4, 0.5) is 28.6 Å². The molecular formula is C19H25N9O3. The second-order valence-corrected chi connectivity index (χ2v) is 7.25. The van der Waals surface area contributed by atoms with Gasteiger partial charge < -0.3 is 36.5 Å². The molecule has 0 fully saturated rings. The standard InChI is InChI=1S/C19H25N9O3/c1-22-13-5-16-25-12-3-10(4-14(17(12)20)27(2)21)8-31-9-11(7-29)24-19(30)15-6-23-18(13)28(15)26-16/h3-6,11,22,29H,7-9,20-21H2,1-2H3,(H,24,30)(H,25,26). The number of ether oxygens (including phenoxy) is 1. The first kappa shape index (κ1) is 20.7. The van der Waals surface area contributed by atoms with E-state index in [0.717, 1.165) is 5.56 Å². The molecule has 1 unspecified atom stereocenters. The Morgan fingerprint density at radius 2 is 2.23 bits per heavy atom. The monoisotopic (exact) mass is 427 g/mol. The number of aromatic nitrogens is 3. The number of nitrogen functional groups attached to an aromatic ring is 1. The predicted molar refractivity (Wildman–Crippen MR) is 117 cm³/mol. The van der Waals surface area contributed by atoms with Gasteiger partial charge in [-0.2, -0.15) is 0 Å². The van der Waals surface area contributed by atoms with E-state index in [1.54, 1.807) is 20.2 Å². The third-order valence-corrected chi connectivity index (χ3v) is 4.97. The van der Waals surface area contributed by atoms with Crippen molar-refractivity contribution in [3.63, 3.8) is 0 Å². The summed E-state index contributed by atoms with van der Waals surface area (Å²) in [6.07, 6.45) is 1.43. The van der Waals surface area contributed by atoms with E-state index in [1.165, 1.54) is 15.7 Å². The van der Waals surface area contributed by atoms with Gasteiger partial charge in [-0.15, -0.1) is 5.10 Å². The average Bonchev–Trinajstić information content (AvgIpc) is 3.17. The first-order valence-electron chi connectivity index (χ1n) is 9.65. The third kappa shape index (κ3) is 3.91. The van der Waals surface area contributed by atoms with Crippen molar-refractivity contribution in [2.24, 2.45) is 5.84 Å². The fourth-order valence-corrected chi connectivity index (χ4v) is 3.40. The molecule has 3 aromatic rings. The normalized spacial score (nSPS) is 16.5. The number of hydrogen-bond acceptors (Lipinski definition) is 10. The fourth-order valence-electron chi connectivity index (χ4n) is 3.40. The minimum absolute atomic E-state index is 0.111. The van der Waals surface area contributed by atoms with E-state index in [2.05, 4.69) is 26.0 Å². The highest BCUT2D eigenvalue weighted by Crippen LogP contribution is 2.34. The lowest BCUT2D eigenvalue weighted by Crippen LogP contribution is -2.41. The summed E-state index contributed by atoms with van der Waals surface area (Å²) >= 11 is 0. The number of carbonyl (C=O) groups excluding carboxylic acids is 1. The summed E-state index contributed by atoms with van der Waals surface area (Å²) < 4.78 is 7.17. The van der Waals surface area contributed by atoms with E-state index in [-0.39, 0.29) is 25.5 Å². The molecule has 1 aromatic carbocycles. The average molecular weight is 427 g/mol. The minimum atomic E-state index is -0.601. The molecule has 0 spiro atoms. The molecule has 0 aliphatic carbocycles. The number of carbonyl (C=O) groups is 1. The summed E-state index contributed by atoms with van der Waals surface area (Å²) in [6, 6.07) is 4.83. The van der Waals surface area contributed by atoms with Gasteiger partial charge in [-0.3, -0.25) is 4.79 Å². The molecule has 0 saturated heterocycles. The third-order valence-electron chi connectivity index (χ3n) is 4.97. The van der Waals surface area contributed by atoms with E-state index < -0.39 is 11.9 Å². The van der Waals surface area contributed by atoms with Gasteiger partial charge in [0.05, 0.1) is 54.8 Å². The number of hydrazine groups is 1. The summed E-state index contributed by atoms with van der Waals surface area (Å²) in [5.41, 5.74) is 10.1. The number of nitrogens with one attached hydrogen (secondary N) is 3. The number of fused-ring (bicyclic) bond motifs is 3. The SMILES string of the molecule is CNc1cc2nn3c(cnc13)C(=O)NC(CO)COCc1cc(c(N)c(N(C)N)c1)N2. The summed E-state index contributed by atoms with van der Waals surface area (Å²) in [5, 5.41) is 24.7. The number of nitrogens with two attached hydrogens (primary N) is 2. The van der Waals surface area contributed by atoms with Crippen LogP contribution in [0.15, 0.2) is 24.4 Å². The Kier molecular flexibility index (Phi) is 5.50. The van der Waals surface area contributed by atoms with Gasteiger partial charge in [0.25, 0.3) is 5.91 Å². The van der Waals surface area contributed by atoms with Gasteiger partial charge in [-0.1, -0.05) is 0 Å². The number of anilines is 5. The van der Waals surface area contributed by atoms with Crippen LogP contribution in [-0.4, -0.2) is 59.0 Å². The van der Waals surface area contributed by atoms with E-state index >= 15 is 0 Å². The zero-order valence-electron chi connectivity index (χ0n) is 17.2. The van der Waals surface area contributed by atoms with E-state index in [0.29, 0.717) is 34.2 Å². The Balaban J connectivity index is 1.90. The number of hydrogen-bond donors (Lipinski definition) is 6. The Hall–Kier alpha value is -3.61. The molecule has 12 heteroatoms. The van der Waals surface area contributed by atoms with Gasteiger partial charge in [0.2, 0.25) is 0 Å². The second-order valence-electron chi connectivity index (χ2n) is 7.25. The molecule has 0 saturated carbocycles. The molecule has 4 bridgehead atoms. The van der Waals surface area contributed by atoms with Crippen LogP contribution < -0.4 is 32.5 Å². The van der Waals surface area contributed by atoms with Crippen LogP contribution in [-0.2, 0) is 11.3 Å². The smallest absolute Gasteiger partial charge is 0.272 e. The lowest BCUT2D eigenvalue weighted by Gasteiger charge is -2.21. The van der Waals surface area contributed by atoms with E-state index in [1.807, 2.05) is 12.1 Å². The molecule has 1 aliphatic heterocycles. The lowest BCUT2D eigenvalue weighted by atomic mass is 10.1. The molecule has 1 atom stereocenters. The van der Waals surface area contributed by atoms with Crippen molar-refractivity contribution in [1.82, 2.24) is 19.9 Å². The summed E-state index contributed by atoms with van der Waals surface area (Å²) in [7, 11) is 3.44. The highest BCUT2D eigenvalue weighted by Gasteiger charge is 2.21. The molecule has 12 nitrogen and oxygen atoms in total. The first-order chi connectivity index (χ1) is 14.9. The van der Waals surface area contributed by atoms with Crippen molar-refractivity contribution in [3.05, 3.63) is 35.7 Å². The lowest BCUT2D eigenvalue weighted by molar-refractivity contribution is 0.0671. The van der Waals surface area contributed by atoms with Crippen LogP contribution in [0.1, 0.15) is 16.1 Å². The molecule has 1 amide bonds. The van der Waals surface area contributed by atoms with E-state index in [4.69, 9.17) is 16.3 Å². The van der Waals surface area contributed by atoms with Gasteiger partial charge in [0, 0.05) is 20.2 Å². The Bertz CT molecular complexity index is 1130. The van der Waals surface area contributed by atoms with Crippen LogP contribution in [0.5, 0.6) is 0 Å². The number of nitrogens with zero attached hydrogens (tertiary/aromatic N) is 4. The number of aliphatic hydroxyl groups excluding tert-OH is 1. The van der Waals surface area contributed by atoms with Gasteiger partial charge in [-0.05, 0) is 17.7 Å². The number of aliphatic hydroxyl groups is 1. The summed E-state index contributed by atoms with van der Waals surface area (Å²) in [6.45, 7) is 0.0585. The van der Waals surface area contributed by atoms with Crippen molar-refractivity contribution < 1.29 is 14.6 Å². The second kappa shape index (κ2) is 8.26. The molecule has 3 heterocycles. The van der Waals surface area contributed by atoms with Crippen LogP contribution in [0.3, 0.4) is 0 Å². The fraction of sp³-hybridized carbons (Fsp3) is 0.316. The molecule has 4 rings (SSSR count). The van der Waals surface area contributed by atoms with Crippen molar-refractivity contribution >= 4 is 40.1 Å².